The van der Waals surface area contributed by atoms with Gasteiger partial charge in [0.25, 0.3) is 0 Å². The molecule has 0 aliphatic carbocycles. The number of thiophene rings is 2. The van der Waals surface area contributed by atoms with Crippen LogP contribution in [0.1, 0.15) is 59.8 Å². The van der Waals surface area contributed by atoms with Crippen LogP contribution < -0.4 is 0 Å². The summed E-state index contributed by atoms with van der Waals surface area (Å²) in [4.78, 5) is 5.01. The maximum Gasteiger partial charge on any atom is 0.124 e. The van der Waals surface area contributed by atoms with Gasteiger partial charge in [-0.25, -0.2) is 17.6 Å². The molecule has 12 heteroatoms. The van der Waals surface area contributed by atoms with E-state index < -0.39 is 0 Å². The molecular weight excluding hydrogens is 801 g/mol. The highest BCUT2D eigenvalue weighted by molar-refractivity contribution is 7.17. The van der Waals surface area contributed by atoms with Crippen LogP contribution >= 0.6 is 22.7 Å². The molecule has 0 saturated carbocycles. The van der Waals surface area contributed by atoms with Crippen LogP contribution in [0.2, 0.25) is 0 Å². The molecule has 0 spiro atoms. The Morgan fingerprint density at radius 3 is 1.30 bits per heavy atom. The van der Waals surface area contributed by atoms with Crippen molar-refractivity contribution in [3.8, 4) is 22.5 Å². The summed E-state index contributed by atoms with van der Waals surface area (Å²) >= 11 is 3.29. The summed E-state index contributed by atoms with van der Waals surface area (Å²) in [6.45, 7) is 6.21. The van der Waals surface area contributed by atoms with Gasteiger partial charge in [0.05, 0.1) is 23.8 Å². The molecule has 4 aromatic carbocycles. The summed E-state index contributed by atoms with van der Waals surface area (Å²) in [7, 11) is 0. The van der Waals surface area contributed by atoms with Crippen molar-refractivity contribution in [2.75, 3.05) is 39.3 Å². The number of aromatic amines is 2. The zero-order chi connectivity index (χ0) is 41.0. The van der Waals surface area contributed by atoms with Gasteiger partial charge in [-0.1, -0.05) is 12.1 Å². The third-order valence-electron chi connectivity index (χ3n) is 12.3. The molecule has 2 N–H and O–H groups in total. The van der Waals surface area contributed by atoms with E-state index in [4.69, 9.17) is 0 Å². The SMILES string of the molecule is Fc1ccc(-c2[nH]ncc2CCN2CCC(c3csc4cc(F)ccc34)CC2)cc1.Fc1ccc(-c2[nH]ncc2CCN2CCC(c3csc4cc(F)ccc34)CC2)cc1. The summed E-state index contributed by atoms with van der Waals surface area (Å²) in [6, 6.07) is 23.3. The lowest BCUT2D eigenvalue weighted by molar-refractivity contribution is 0.215. The number of nitrogens with zero attached hydrogens (tertiary/aromatic N) is 4. The van der Waals surface area contributed by atoms with Gasteiger partial charge in [-0.05, 0) is 193 Å². The van der Waals surface area contributed by atoms with Gasteiger partial charge >= 0.3 is 0 Å². The Hall–Kier alpha value is -5.14. The summed E-state index contributed by atoms with van der Waals surface area (Å²) in [5.41, 5.74) is 8.95. The van der Waals surface area contributed by atoms with Gasteiger partial charge in [-0.15, -0.1) is 22.7 Å². The number of aromatic nitrogens is 4. The molecule has 308 valence electrons. The monoisotopic (exact) mass is 846 g/mol. The molecule has 0 bridgehead atoms. The fraction of sp³-hybridized carbons (Fsp3) is 0.292. The zero-order valence-corrected chi connectivity index (χ0v) is 34.8. The first kappa shape index (κ1) is 40.3. The van der Waals surface area contributed by atoms with Crippen LogP contribution in [0.25, 0.3) is 42.7 Å². The highest BCUT2D eigenvalue weighted by Crippen LogP contribution is 2.39. The minimum absolute atomic E-state index is 0.162. The second kappa shape index (κ2) is 18.2. The molecule has 0 radical (unpaired) electrons. The van der Waals surface area contributed by atoms with Crippen LogP contribution in [0.4, 0.5) is 17.6 Å². The van der Waals surface area contributed by atoms with Gasteiger partial charge in [0, 0.05) is 33.6 Å². The Kier molecular flexibility index (Phi) is 12.2. The molecule has 4 aromatic heterocycles. The highest BCUT2D eigenvalue weighted by atomic mass is 32.1. The molecule has 2 fully saturated rings. The number of hydrogen-bond donors (Lipinski definition) is 2. The third kappa shape index (κ3) is 9.12. The first-order valence-electron chi connectivity index (χ1n) is 20.7. The Morgan fingerprint density at radius 2 is 0.900 bits per heavy atom. The fourth-order valence-electron chi connectivity index (χ4n) is 8.90. The van der Waals surface area contributed by atoms with E-state index in [9.17, 15) is 17.6 Å². The lowest BCUT2D eigenvalue weighted by atomic mass is 9.89. The maximum absolute atomic E-state index is 13.5. The van der Waals surface area contributed by atoms with Crippen LogP contribution in [0.3, 0.4) is 0 Å². The lowest BCUT2D eigenvalue weighted by Gasteiger charge is -2.32. The average molecular weight is 847 g/mol. The molecule has 10 rings (SSSR count). The van der Waals surface area contributed by atoms with E-state index in [0.29, 0.717) is 11.8 Å². The largest absolute Gasteiger partial charge is 0.303 e. The van der Waals surface area contributed by atoms with E-state index in [0.717, 1.165) is 121 Å². The number of hydrogen-bond acceptors (Lipinski definition) is 6. The molecule has 0 amide bonds. The van der Waals surface area contributed by atoms with Crippen molar-refractivity contribution in [2.45, 2.75) is 50.4 Å². The summed E-state index contributed by atoms with van der Waals surface area (Å²) in [5, 5.41) is 21.4. The summed E-state index contributed by atoms with van der Waals surface area (Å²) in [5.74, 6) is 0.306. The standard InChI is InChI=1S/2C24H23F2N3S/c2*25-19-3-1-17(2-4-19)24-18(14-27-28-24)9-12-29-10-7-16(8-11-29)22-15-30-23-13-20(26)5-6-21(22)23/h2*1-6,13-16H,7-12H2,(H,27,28). The van der Waals surface area contributed by atoms with Crippen LogP contribution in [-0.2, 0) is 12.8 Å². The first-order chi connectivity index (χ1) is 29.3. The lowest BCUT2D eigenvalue weighted by Crippen LogP contribution is -2.34. The molecule has 0 unspecified atom stereocenters. The van der Waals surface area contributed by atoms with E-state index in [2.05, 4.69) is 41.0 Å². The Bertz CT molecular complexity index is 2470. The van der Waals surface area contributed by atoms with Gasteiger partial charge in [0.15, 0.2) is 0 Å². The van der Waals surface area contributed by atoms with Gasteiger partial charge < -0.3 is 9.80 Å². The average Bonchev–Trinajstić information content (AvgIpc) is 4.10. The van der Waals surface area contributed by atoms with E-state index >= 15 is 0 Å². The molecule has 6 heterocycles. The minimum Gasteiger partial charge on any atom is -0.303 e. The van der Waals surface area contributed by atoms with Crippen molar-refractivity contribution in [1.29, 1.82) is 0 Å². The smallest absolute Gasteiger partial charge is 0.124 e. The van der Waals surface area contributed by atoms with Crippen molar-refractivity contribution < 1.29 is 17.6 Å². The molecular formula is C48H46F4N6S2. The van der Waals surface area contributed by atoms with Crippen LogP contribution in [0.15, 0.2) is 108 Å². The van der Waals surface area contributed by atoms with Crippen molar-refractivity contribution in [3.63, 3.8) is 0 Å². The first-order valence-corrected chi connectivity index (χ1v) is 22.4. The second-order valence-electron chi connectivity index (χ2n) is 15.9. The van der Waals surface area contributed by atoms with Crippen molar-refractivity contribution in [2.24, 2.45) is 0 Å². The van der Waals surface area contributed by atoms with Crippen molar-refractivity contribution >= 4 is 42.8 Å². The van der Waals surface area contributed by atoms with Crippen LogP contribution in [0, 0.1) is 23.3 Å². The van der Waals surface area contributed by atoms with E-state index in [1.54, 1.807) is 71.2 Å². The fourth-order valence-corrected chi connectivity index (χ4v) is 11.0. The zero-order valence-electron chi connectivity index (χ0n) is 33.1. The van der Waals surface area contributed by atoms with Crippen LogP contribution in [0.5, 0.6) is 0 Å². The number of piperidine rings is 2. The van der Waals surface area contributed by atoms with Crippen molar-refractivity contribution in [1.82, 2.24) is 30.2 Å². The maximum atomic E-state index is 13.5. The number of H-pyrrole nitrogens is 2. The van der Waals surface area contributed by atoms with Gasteiger partial charge in [0.1, 0.15) is 23.3 Å². The Balaban J connectivity index is 0.000000154. The topological polar surface area (TPSA) is 63.8 Å². The molecule has 2 aliphatic heterocycles. The number of benzene rings is 4. The third-order valence-corrected chi connectivity index (χ3v) is 14.2. The molecule has 2 saturated heterocycles. The number of halogens is 4. The predicted molar refractivity (Wildman–Crippen MR) is 236 cm³/mol. The Labute approximate surface area is 354 Å². The number of likely N-dealkylation sites (tertiary alicyclic amines) is 2. The minimum atomic E-state index is -0.230. The molecule has 8 aromatic rings. The van der Waals surface area contributed by atoms with Gasteiger partial charge in [0.2, 0.25) is 0 Å². The number of nitrogens with one attached hydrogen (secondary N) is 2. The van der Waals surface area contributed by atoms with Crippen LogP contribution in [-0.4, -0.2) is 69.5 Å². The predicted octanol–water partition coefficient (Wildman–Crippen LogP) is 12.0. The normalized spacial score (nSPS) is 15.8. The highest BCUT2D eigenvalue weighted by Gasteiger charge is 2.25. The molecule has 60 heavy (non-hydrogen) atoms. The quantitative estimate of drug-likeness (QED) is 0.135. The molecule has 6 nitrogen and oxygen atoms in total. The van der Waals surface area contributed by atoms with E-state index in [1.807, 2.05) is 24.5 Å². The number of fused-ring (bicyclic) bond motifs is 2. The Morgan fingerprint density at radius 1 is 0.517 bits per heavy atom. The van der Waals surface area contributed by atoms with Gasteiger partial charge in [-0.2, -0.15) is 10.2 Å². The number of rotatable bonds is 10. The van der Waals surface area contributed by atoms with Gasteiger partial charge in [-0.3, -0.25) is 10.2 Å². The van der Waals surface area contributed by atoms with E-state index in [-0.39, 0.29) is 23.3 Å². The summed E-state index contributed by atoms with van der Waals surface area (Å²) in [6.07, 6.45) is 10.1. The van der Waals surface area contributed by atoms with E-state index in [1.165, 1.54) is 46.2 Å². The second-order valence-corrected chi connectivity index (χ2v) is 17.8. The summed E-state index contributed by atoms with van der Waals surface area (Å²) < 4.78 is 55.4. The van der Waals surface area contributed by atoms with Crippen molar-refractivity contribution in [3.05, 3.63) is 154 Å². The molecule has 2 aliphatic rings. The molecule has 0 atom stereocenters.